The average Bonchev–Trinajstić information content (AvgIpc) is 2.01. The molecular weight excluding hydrogens is 176 g/mol. The van der Waals surface area contributed by atoms with Gasteiger partial charge in [-0.05, 0) is 31.6 Å². The van der Waals surface area contributed by atoms with Crippen molar-refractivity contribution in [2.45, 2.75) is 52.9 Å². The Bertz CT molecular complexity index is 241. The van der Waals surface area contributed by atoms with Gasteiger partial charge in [-0.2, -0.15) is 0 Å². The van der Waals surface area contributed by atoms with Crippen molar-refractivity contribution < 1.29 is 9.59 Å². The number of carbonyl (C=O) groups excluding carboxylic acids is 2. The summed E-state index contributed by atoms with van der Waals surface area (Å²) in [5.41, 5.74) is 0.102. The highest BCUT2D eigenvalue weighted by molar-refractivity contribution is 5.83. The van der Waals surface area contributed by atoms with Crippen molar-refractivity contribution in [3.63, 3.8) is 0 Å². The lowest BCUT2D eigenvalue weighted by Crippen LogP contribution is -2.35. The number of carbonyl (C=O) groups is 2. The summed E-state index contributed by atoms with van der Waals surface area (Å²) in [6, 6.07) is 0. The van der Waals surface area contributed by atoms with E-state index >= 15 is 0 Å². The SMILES string of the molecule is CC(=O)CC[C@H]1C(=O)CCCC1(C)C. The molecule has 1 aliphatic carbocycles. The zero-order valence-electron chi connectivity index (χ0n) is 9.43. The zero-order valence-corrected chi connectivity index (χ0v) is 9.43. The number of hydrogen-bond donors (Lipinski definition) is 0. The molecule has 0 aromatic heterocycles. The maximum atomic E-state index is 11.7. The Labute approximate surface area is 86.1 Å². The molecule has 0 heterocycles. The Morgan fingerprint density at radius 2 is 2.14 bits per heavy atom. The molecule has 0 N–H and O–H groups in total. The zero-order chi connectivity index (χ0) is 10.8. The molecule has 80 valence electrons. The molecule has 0 aliphatic heterocycles. The maximum absolute atomic E-state index is 11.7. The van der Waals surface area contributed by atoms with Crippen molar-refractivity contribution in [2.24, 2.45) is 11.3 Å². The van der Waals surface area contributed by atoms with Crippen molar-refractivity contribution in [3.8, 4) is 0 Å². The molecule has 0 saturated heterocycles. The fourth-order valence-corrected chi connectivity index (χ4v) is 2.40. The van der Waals surface area contributed by atoms with Gasteiger partial charge in [-0.3, -0.25) is 4.79 Å². The standard InChI is InChI=1S/C12H20O2/c1-9(13)6-7-10-11(14)5-4-8-12(10,2)3/h10H,4-8H2,1-3H3/t10-/m0/s1. The van der Waals surface area contributed by atoms with Gasteiger partial charge in [0.1, 0.15) is 11.6 Å². The summed E-state index contributed by atoms with van der Waals surface area (Å²) in [6.45, 7) is 5.89. The second-order valence-electron chi connectivity index (χ2n) is 5.10. The molecule has 0 aromatic carbocycles. The molecule has 0 spiro atoms. The highest BCUT2D eigenvalue weighted by atomic mass is 16.1. The van der Waals surface area contributed by atoms with Gasteiger partial charge in [-0.15, -0.1) is 0 Å². The van der Waals surface area contributed by atoms with Crippen LogP contribution < -0.4 is 0 Å². The number of hydrogen-bond acceptors (Lipinski definition) is 2. The third-order valence-electron chi connectivity index (χ3n) is 3.36. The van der Waals surface area contributed by atoms with E-state index in [9.17, 15) is 9.59 Å². The van der Waals surface area contributed by atoms with Crippen LogP contribution in [0.15, 0.2) is 0 Å². The van der Waals surface area contributed by atoms with E-state index in [1.807, 2.05) is 0 Å². The van der Waals surface area contributed by atoms with Gasteiger partial charge in [-0.1, -0.05) is 13.8 Å². The Morgan fingerprint density at radius 1 is 1.50 bits per heavy atom. The van der Waals surface area contributed by atoms with E-state index in [2.05, 4.69) is 13.8 Å². The highest BCUT2D eigenvalue weighted by Gasteiger charge is 2.37. The van der Waals surface area contributed by atoms with E-state index in [1.165, 1.54) is 0 Å². The Morgan fingerprint density at radius 3 is 2.64 bits per heavy atom. The molecule has 2 nitrogen and oxygen atoms in total. The molecule has 0 aromatic rings. The predicted molar refractivity (Wildman–Crippen MR) is 56.0 cm³/mol. The minimum atomic E-state index is 0.102. The van der Waals surface area contributed by atoms with E-state index in [1.54, 1.807) is 6.92 Å². The van der Waals surface area contributed by atoms with Crippen LogP contribution in [0, 0.1) is 11.3 Å². The summed E-state index contributed by atoms with van der Waals surface area (Å²) in [4.78, 5) is 22.6. The smallest absolute Gasteiger partial charge is 0.136 e. The first-order chi connectivity index (χ1) is 6.43. The molecule has 0 amide bonds. The molecule has 1 aliphatic rings. The second kappa shape index (κ2) is 4.24. The summed E-state index contributed by atoms with van der Waals surface area (Å²) in [7, 11) is 0. The lowest BCUT2D eigenvalue weighted by molar-refractivity contribution is -0.130. The maximum Gasteiger partial charge on any atom is 0.136 e. The molecule has 14 heavy (non-hydrogen) atoms. The van der Waals surface area contributed by atoms with E-state index in [0.29, 0.717) is 18.6 Å². The fraction of sp³-hybridized carbons (Fsp3) is 0.833. The number of rotatable bonds is 3. The molecule has 1 saturated carbocycles. The van der Waals surface area contributed by atoms with Crippen LogP contribution >= 0.6 is 0 Å². The van der Waals surface area contributed by atoms with Gasteiger partial charge in [0.15, 0.2) is 0 Å². The molecule has 0 bridgehead atoms. The van der Waals surface area contributed by atoms with Gasteiger partial charge in [0.05, 0.1) is 0 Å². The normalized spacial score (nSPS) is 26.2. The van der Waals surface area contributed by atoms with Gasteiger partial charge < -0.3 is 4.79 Å². The lowest BCUT2D eigenvalue weighted by atomic mass is 9.66. The molecule has 0 radical (unpaired) electrons. The van der Waals surface area contributed by atoms with E-state index < -0.39 is 0 Å². The van der Waals surface area contributed by atoms with E-state index in [-0.39, 0.29) is 17.1 Å². The summed E-state index contributed by atoms with van der Waals surface area (Å²) < 4.78 is 0. The van der Waals surface area contributed by atoms with Crippen LogP contribution in [-0.2, 0) is 9.59 Å². The summed E-state index contributed by atoms with van der Waals surface area (Å²) in [6.07, 6.45) is 4.15. The minimum Gasteiger partial charge on any atom is -0.300 e. The van der Waals surface area contributed by atoms with Gasteiger partial charge in [-0.25, -0.2) is 0 Å². The third-order valence-corrected chi connectivity index (χ3v) is 3.36. The number of ketones is 2. The lowest BCUT2D eigenvalue weighted by Gasteiger charge is -2.37. The van der Waals surface area contributed by atoms with Crippen LogP contribution in [0.25, 0.3) is 0 Å². The molecule has 1 fully saturated rings. The summed E-state index contributed by atoms with van der Waals surface area (Å²) in [5, 5.41) is 0. The van der Waals surface area contributed by atoms with Crippen LogP contribution in [0.1, 0.15) is 52.9 Å². The van der Waals surface area contributed by atoms with Gasteiger partial charge >= 0.3 is 0 Å². The molecule has 1 rings (SSSR count). The topological polar surface area (TPSA) is 34.1 Å². The van der Waals surface area contributed by atoms with Crippen LogP contribution in [-0.4, -0.2) is 11.6 Å². The monoisotopic (exact) mass is 196 g/mol. The van der Waals surface area contributed by atoms with Crippen LogP contribution in [0.3, 0.4) is 0 Å². The fourth-order valence-electron chi connectivity index (χ4n) is 2.40. The molecule has 2 heteroatoms. The van der Waals surface area contributed by atoms with Crippen molar-refractivity contribution in [1.82, 2.24) is 0 Å². The first-order valence-corrected chi connectivity index (χ1v) is 5.45. The minimum absolute atomic E-state index is 0.102. The molecule has 0 unspecified atom stereocenters. The van der Waals surface area contributed by atoms with Crippen LogP contribution in [0.4, 0.5) is 0 Å². The van der Waals surface area contributed by atoms with Crippen molar-refractivity contribution in [2.75, 3.05) is 0 Å². The molecule has 1 atom stereocenters. The van der Waals surface area contributed by atoms with E-state index in [0.717, 1.165) is 19.3 Å². The first kappa shape index (κ1) is 11.4. The second-order valence-corrected chi connectivity index (χ2v) is 5.10. The van der Waals surface area contributed by atoms with Crippen LogP contribution in [0.2, 0.25) is 0 Å². The van der Waals surface area contributed by atoms with Crippen molar-refractivity contribution in [1.29, 1.82) is 0 Å². The largest absolute Gasteiger partial charge is 0.300 e. The molecular formula is C12H20O2. The van der Waals surface area contributed by atoms with Gasteiger partial charge in [0, 0.05) is 18.8 Å². The Hall–Kier alpha value is -0.660. The summed E-state index contributed by atoms with van der Waals surface area (Å²) >= 11 is 0. The van der Waals surface area contributed by atoms with Crippen molar-refractivity contribution in [3.05, 3.63) is 0 Å². The van der Waals surface area contributed by atoms with Gasteiger partial charge in [0.2, 0.25) is 0 Å². The Balaban J connectivity index is 2.61. The quantitative estimate of drug-likeness (QED) is 0.695. The van der Waals surface area contributed by atoms with Gasteiger partial charge in [0.25, 0.3) is 0 Å². The average molecular weight is 196 g/mol. The third kappa shape index (κ3) is 2.66. The van der Waals surface area contributed by atoms with E-state index in [4.69, 9.17) is 0 Å². The highest BCUT2D eigenvalue weighted by Crippen LogP contribution is 2.40. The predicted octanol–water partition coefficient (Wildman–Crippen LogP) is 2.75. The van der Waals surface area contributed by atoms with Crippen LogP contribution in [0.5, 0.6) is 0 Å². The Kier molecular flexibility index (Phi) is 3.46. The first-order valence-electron chi connectivity index (χ1n) is 5.45. The summed E-state index contributed by atoms with van der Waals surface area (Å²) in [5.74, 6) is 0.668. The van der Waals surface area contributed by atoms with Crippen molar-refractivity contribution >= 4 is 11.6 Å². The number of Topliss-reactive ketones (excluding diaryl/α,β-unsaturated/α-hetero) is 2.